The molecular weight excluding hydrogens is 210 g/mol. The van der Waals surface area contributed by atoms with Crippen LogP contribution in [0.1, 0.15) is 26.3 Å². The van der Waals surface area contributed by atoms with Gasteiger partial charge in [0.05, 0.1) is 0 Å². The van der Waals surface area contributed by atoms with Gasteiger partial charge in [-0.3, -0.25) is 0 Å². The van der Waals surface area contributed by atoms with Crippen LogP contribution in [0, 0.1) is 11.8 Å². The molecule has 1 aliphatic rings. The highest BCUT2D eigenvalue weighted by atomic mass is 16.5. The van der Waals surface area contributed by atoms with Gasteiger partial charge < -0.3 is 10.1 Å². The van der Waals surface area contributed by atoms with Crippen molar-refractivity contribution in [3.05, 3.63) is 29.8 Å². The van der Waals surface area contributed by atoms with E-state index in [2.05, 4.69) is 44.3 Å². The van der Waals surface area contributed by atoms with Crippen molar-refractivity contribution in [3.8, 4) is 5.75 Å². The molecule has 94 valence electrons. The number of para-hydroxylation sites is 1. The average molecular weight is 233 g/mol. The maximum atomic E-state index is 5.89. The van der Waals surface area contributed by atoms with Crippen LogP contribution in [0.15, 0.2) is 24.3 Å². The minimum atomic E-state index is 0.312. The standard InChI is InChI=1S/C15H23NO/c1-11(2)12(3)9-16-10-14-8-13-6-4-5-7-15(13)17-14/h4-7,11-12,14,16H,8-10H2,1-3H3. The molecule has 0 saturated heterocycles. The summed E-state index contributed by atoms with van der Waals surface area (Å²) in [7, 11) is 0. The van der Waals surface area contributed by atoms with Crippen molar-refractivity contribution >= 4 is 0 Å². The van der Waals surface area contributed by atoms with E-state index >= 15 is 0 Å². The maximum Gasteiger partial charge on any atom is 0.123 e. The van der Waals surface area contributed by atoms with E-state index in [9.17, 15) is 0 Å². The molecule has 0 bridgehead atoms. The van der Waals surface area contributed by atoms with E-state index in [1.165, 1.54) is 5.56 Å². The Morgan fingerprint density at radius 3 is 2.76 bits per heavy atom. The molecule has 1 aromatic carbocycles. The van der Waals surface area contributed by atoms with Crippen molar-refractivity contribution in [2.75, 3.05) is 13.1 Å². The molecule has 2 unspecified atom stereocenters. The van der Waals surface area contributed by atoms with Crippen molar-refractivity contribution in [1.29, 1.82) is 0 Å². The van der Waals surface area contributed by atoms with Crippen LogP contribution in [-0.4, -0.2) is 19.2 Å². The Labute approximate surface area is 104 Å². The van der Waals surface area contributed by atoms with E-state index in [0.29, 0.717) is 6.10 Å². The number of nitrogens with one attached hydrogen (secondary N) is 1. The first kappa shape index (κ1) is 12.4. The molecule has 2 rings (SSSR count). The third-order valence-corrected chi connectivity index (χ3v) is 3.69. The second-order valence-electron chi connectivity index (χ2n) is 5.43. The summed E-state index contributed by atoms with van der Waals surface area (Å²) in [6.07, 6.45) is 1.35. The summed E-state index contributed by atoms with van der Waals surface area (Å²) >= 11 is 0. The molecule has 1 heterocycles. The van der Waals surface area contributed by atoms with Crippen LogP contribution in [0.4, 0.5) is 0 Å². The summed E-state index contributed by atoms with van der Waals surface area (Å²) in [5, 5.41) is 3.52. The predicted octanol–water partition coefficient (Wildman–Crippen LogP) is 2.87. The Balaban J connectivity index is 1.73. The Kier molecular flexibility index (Phi) is 4.06. The van der Waals surface area contributed by atoms with Gasteiger partial charge in [-0.25, -0.2) is 0 Å². The quantitative estimate of drug-likeness (QED) is 0.844. The normalized spacial score (nSPS) is 20.1. The van der Waals surface area contributed by atoms with E-state index < -0.39 is 0 Å². The maximum absolute atomic E-state index is 5.89. The monoisotopic (exact) mass is 233 g/mol. The average Bonchev–Trinajstić information content (AvgIpc) is 2.71. The van der Waals surface area contributed by atoms with Gasteiger partial charge in [0.1, 0.15) is 11.9 Å². The van der Waals surface area contributed by atoms with Crippen LogP contribution in [0.2, 0.25) is 0 Å². The molecule has 1 aromatic rings. The number of benzene rings is 1. The molecule has 0 radical (unpaired) electrons. The molecule has 0 aromatic heterocycles. The molecule has 17 heavy (non-hydrogen) atoms. The van der Waals surface area contributed by atoms with E-state index in [1.807, 2.05) is 6.07 Å². The second-order valence-corrected chi connectivity index (χ2v) is 5.43. The second kappa shape index (κ2) is 5.54. The zero-order valence-electron chi connectivity index (χ0n) is 11.1. The summed E-state index contributed by atoms with van der Waals surface area (Å²) in [5.41, 5.74) is 1.34. The lowest BCUT2D eigenvalue weighted by Crippen LogP contribution is -2.33. The molecule has 2 nitrogen and oxygen atoms in total. The Morgan fingerprint density at radius 1 is 1.29 bits per heavy atom. The molecule has 2 atom stereocenters. The highest BCUT2D eigenvalue weighted by Gasteiger charge is 2.21. The van der Waals surface area contributed by atoms with Gasteiger partial charge in [-0.1, -0.05) is 39.0 Å². The van der Waals surface area contributed by atoms with Crippen LogP contribution >= 0.6 is 0 Å². The minimum absolute atomic E-state index is 0.312. The first-order valence-corrected chi connectivity index (χ1v) is 6.62. The van der Waals surface area contributed by atoms with Crippen LogP contribution in [0.3, 0.4) is 0 Å². The van der Waals surface area contributed by atoms with Gasteiger partial charge in [0, 0.05) is 13.0 Å². The first-order chi connectivity index (χ1) is 8.16. The minimum Gasteiger partial charge on any atom is -0.488 e. The molecule has 1 aliphatic heterocycles. The number of ether oxygens (including phenoxy) is 1. The van der Waals surface area contributed by atoms with Gasteiger partial charge >= 0.3 is 0 Å². The van der Waals surface area contributed by atoms with Crippen molar-refractivity contribution in [3.63, 3.8) is 0 Å². The molecular formula is C15H23NO. The summed E-state index contributed by atoms with van der Waals surface area (Å²) in [4.78, 5) is 0. The Morgan fingerprint density at radius 2 is 2.06 bits per heavy atom. The van der Waals surface area contributed by atoms with Gasteiger partial charge in [0.15, 0.2) is 0 Å². The van der Waals surface area contributed by atoms with E-state index in [-0.39, 0.29) is 0 Å². The third kappa shape index (κ3) is 3.22. The zero-order chi connectivity index (χ0) is 12.3. The summed E-state index contributed by atoms with van der Waals surface area (Å²) in [6, 6.07) is 8.34. The number of hydrogen-bond donors (Lipinski definition) is 1. The summed E-state index contributed by atoms with van der Waals surface area (Å²) in [5.74, 6) is 2.53. The third-order valence-electron chi connectivity index (χ3n) is 3.69. The van der Waals surface area contributed by atoms with Gasteiger partial charge in [0.25, 0.3) is 0 Å². The van der Waals surface area contributed by atoms with E-state index in [4.69, 9.17) is 4.74 Å². The van der Waals surface area contributed by atoms with Gasteiger partial charge in [0.2, 0.25) is 0 Å². The SMILES string of the molecule is CC(C)C(C)CNCC1Cc2ccccc2O1. The van der Waals surface area contributed by atoms with Crippen LogP contribution < -0.4 is 10.1 Å². The summed E-state index contributed by atoms with van der Waals surface area (Å²) < 4.78 is 5.89. The van der Waals surface area contributed by atoms with Crippen LogP contribution in [0.25, 0.3) is 0 Å². The van der Waals surface area contributed by atoms with Gasteiger partial charge in [-0.05, 0) is 30.0 Å². The number of fused-ring (bicyclic) bond motifs is 1. The molecule has 0 spiro atoms. The number of rotatable bonds is 5. The van der Waals surface area contributed by atoms with Gasteiger partial charge in [-0.15, -0.1) is 0 Å². The molecule has 0 aliphatic carbocycles. The smallest absolute Gasteiger partial charge is 0.123 e. The predicted molar refractivity (Wildman–Crippen MR) is 71.4 cm³/mol. The Bertz CT molecular complexity index is 337. The van der Waals surface area contributed by atoms with Gasteiger partial charge in [-0.2, -0.15) is 0 Å². The molecule has 1 N–H and O–H groups in total. The first-order valence-electron chi connectivity index (χ1n) is 6.62. The topological polar surface area (TPSA) is 21.3 Å². The Hall–Kier alpha value is -1.02. The molecule has 2 heteroatoms. The van der Waals surface area contributed by atoms with Crippen LogP contribution in [-0.2, 0) is 6.42 Å². The number of hydrogen-bond acceptors (Lipinski definition) is 2. The zero-order valence-corrected chi connectivity index (χ0v) is 11.1. The summed E-state index contributed by atoms with van der Waals surface area (Å²) in [6.45, 7) is 8.87. The fraction of sp³-hybridized carbons (Fsp3) is 0.600. The van der Waals surface area contributed by atoms with Crippen molar-refractivity contribution in [2.24, 2.45) is 11.8 Å². The van der Waals surface area contributed by atoms with Crippen molar-refractivity contribution in [1.82, 2.24) is 5.32 Å². The van der Waals surface area contributed by atoms with E-state index in [1.54, 1.807) is 0 Å². The fourth-order valence-corrected chi connectivity index (χ4v) is 2.08. The molecule has 0 amide bonds. The van der Waals surface area contributed by atoms with Crippen molar-refractivity contribution < 1.29 is 4.74 Å². The highest BCUT2D eigenvalue weighted by Crippen LogP contribution is 2.27. The van der Waals surface area contributed by atoms with Crippen molar-refractivity contribution in [2.45, 2.75) is 33.3 Å². The fourth-order valence-electron chi connectivity index (χ4n) is 2.08. The largest absolute Gasteiger partial charge is 0.488 e. The molecule has 0 fully saturated rings. The lowest BCUT2D eigenvalue weighted by Gasteiger charge is -2.18. The lowest BCUT2D eigenvalue weighted by atomic mass is 9.98. The lowest BCUT2D eigenvalue weighted by molar-refractivity contribution is 0.222. The highest BCUT2D eigenvalue weighted by molar-refractivity contribution is 5.37. The van der Waals surface area contributed by atoms with E-state index in [0.717, 1.165) is 37.1 Å². The van der Waals surface area contributed by atoms with Crippen LogP contribution in [0.5, 0.6) is 5.75 Å². The molecule has 0 saturated carbocycles.